The van der Waals surface area contributed by atoms with Crippen LogP contribution in [0.15, 0.2) is 61.1 Å². The van der Waals surface area contributed by atoms with Gasteiger partial charge < -0.3 is 14.8 Å². The summed E-state index contributed by atoms with van der Waals surface area (Å²) in [6, 6.07) is 11.4. The summed E-state index contributed by atoms with van der Waals surface area (Å²) < 4.78 is 23.9. The largest absolute Gasteiger partial charge is 0.493 e. The Kier molecular flexibility index (Phi) is 7.63. The van der Waals surface area contributed by atoms with Crippen molar-refractivity contribution < 1.29 is 18.7 Å². The molecule has 3 aromatic rings. The molecule has 3 rings (SSSR count). The standard InChI is InChI=1S/C23H22FN3O3/c1-29-11-2-12-30-21-14-18(4-3-17-5-7-20(24)8-6-17)13-19(15-21)23(28)27-22-16-25-9-10-26-22/h3-10,13-16H,2,11-12H2,1H3,(H,26,27,28)/b4-3+. The van der Waals surface area contributed by atoms with Crippen molar-refractivity contribution in [2.45, 2.75) is 6.42 Å². The highest BCUT2D eigenvalue weighted by atomic mass is 19.1. The monoisotopic (exact) mass is 407 g/mol. The second-order valence-corrected chi connectivity index (χ2v) is 6.42. The number of rotatable bonds is 9. The minimum atomic E-state index is -0.325. The van der Waals surface area contributed by atoms with E-state index in [4.69, 9.17) is 9.47 Å². The summed E-state index contributed by atoms with van der Waals surface area (Å²) >= 11 is 0. The van der Waals surface area contributed by atoms with Gasteiger partial charge in [-0.3, -0.25) is 9.78 Å². The molecule has 7 heteroatoms. The van der Waals surface area contributed by atoms with Gasteiger partial charge in [0.2, 0.25) is 0 Å². The normalized spacial score (nSPS) is 10.9. The zero-order valence-electron chi connectivity index (χ0n) is 16.5. The fourth-order valence-electron chi connectivity index (χ4n) is 2.64. The topological polar surface area (TPSA) is 73.3 Å². The average molecular weight is 407 g/mol. The quantitative estimate of drug-likeness (QED) is 0.419. The molecule has 0 radical (unpaired) electrons. The Labute approximate surface area is 174 Å². The molecule has 0 saturated heterocycles. The first-order chi connectivity index (χ1) is 14.6. The second-order valence-electron chi connectivity index (χ2n) is 6.42. The number of methoxy groups -OCH3 is 1. The number of nitrogens with zero attached hydrogens (tertiary/aromatic N) is 2. The molecule has 0 atom stereocenters. The van der Waals surface area contributed by atoms with Gasteiger partial charge in [0.1, 0.15) is 11.6 Å². The van der Waals surface area contributed by atoms with Crippen LogP contribution in [-0.4, -0.2) is 36.2 Å². The fraction of sp³-hybridized carbons (Fsp3) is 0.174. The number of amides is 1. The third-order valence-corrected chi connectivity index (χ3v) is 4.10. The predicted molar refractivity (Wildman–Crippen MR) is 114 cm³/mol. The van der Waals surface area contributed by atoms with Crippen molar-refractivity contribution >= 4 is 23.9 Å². The van der Waals surface area contributed by atoms with Crippen molar-refractivity contribution in [2.75, 3.05) is 25.6 Å². The lowest BCUT2D eigenvalue weighted by molar-refractivity contribution is 0.102. The summed E-state index contributed by atoms with van der Waals surface area (Å²) in [4.78, 5) is 20.7. The molecule has 0 bridgehead atoms. The fourth-order valence-corrected chi connectivity index (χ4v) is 2.64. The van der Waals surface area contributed by atoms with Gasteiger partial charge in [-0.1, -0.05) is 24.3 Å². The van der Waals surface area contributed by atoms with Crippen LogP contribution in [0, 0.1) is 5.82 Å². The predicted octanol–water partition coefficient (Wildman–Crippen LogP) is 4.45. The van der Waals surface area contributed by atoms with Crippen molar-refractivity contribution in [1.29, 1.82) is 0 Å². The number of anilines is 1. The summed E-state index contributed by atoms with van der Waals surface area (Å²) in [6.07, 6.45) is 8.91. The molecular formula is C23H22FN3O3. The number of hydrogen-bond donors (Lipinski definition) is 1. The van der Waals surface area contributed by atoms with Gasteiger partial charge in [0.25, 0.3) is 5.91 Å². The molecule has 0 aliphatic heterocycles. The molecule has 1 amide bonds. The number of aromatic nitrogens is 2. The van der Waals surface area contributed by atoms with Crippen LogP contribution in [0.3, 0.4) is 0 Å². The molecule has 1 aromatic heterocycles. The smallest absolute Gasteiger partial charge is 0.257 e. The Bertz CT molecular complexity index is 992. The maximum atomic E-state index is 13.1. The van der Waals surface area contributed by atoms with E-state index in [1.165, 1.54) is 30.7 Å². The van der Waals surface area contributed by atoms with Crippen LogP contribution in [0.1, 0.15) is 27.9 Å². The number of halogens is 1. The maximum Gasteiger partial charge on any atom is 0.257 e. The Morgan fingerprint density at radius 3 is 2.60 bits per heavy atom. The Morgan fingerprint density at radius 1 is 1.07 bits per heavy atom. The van der Waals surface area contributed by atoms with Gasteiger partial charge in [0.05, 0.1) is 12.8 Å². The van der Waals surface area contributed by atoms with Gasteiger partial charge in [-0.15, -0.1) is 0 Å². The van der Waals surface area contributed by atoms with Crippen LogP contribution < -0.4 is 10.1 Å². The lowest BCUT2D eigenvalue weighted by atomic mass is 10.1. The Hall–Kier alpha value is -3.58. The number of hydrogen-bond acceptors (Lipinski definition) is 5. The van der Waals surface area contributed by atoms with E-state index in [2.05, 4.69) is 15.3 Å². The summed E-state index contributed by atoms with van der Waals surface area (Å²) in [6.45, 7) is 1.05. The van der Waals surface area contributed by atoms with Gasteiger partial charge in [0, 0.05) is 38.1 Å². The molecule has 30 heavy (non-hydrogen) atoms. The number of nitrogens with one attached hydrogen (secondary N) is 1. The lowest BCUT2D eigenvalue weighted by Crippen LogP contribution is -2.13. The van der Waals surface area contributed by atoms with Crippen molar-refractivity contribution in [3.05, 3.63) is 83.6 Å². The van der Waals surface area contributed by atoms with Crippen LogP contribution >= 0.6 is 0 Å². The minimum Gasteiger partial charge on any atom is -0.493 e. The third kappa shape index (κ3) is 6.49. The summed E-state index contributed by atoms with van der Waals surface area (Å²) in [5.74, 6) is 0.310. The highest BCUT2D eigenvalue weighted by Crippen LogP contribution is 2.21. The molecule has 1 N–H and O–H groups in total. The molecular weight excluding hydrogens is 385 g/mol. The van der Waals surface area contributed by atoms with Crippen molar-refractivity contribution in [2.24, 2.45) is 0 Å². The molecule has 0 fully saturated rings. The number of ether oxygens (including phenoxy) is 2. The van der Waals surface area contributed by atoms with Crippen molar-refractivity contribution in [3.8, 4) is 5.75 Å². The summed E-state index contributed by atoms with van der Waals surface area (Å²) in [5.41, 5.74) is 2.03. The van der Waals surface area contributed by atoms with Gasteiger partial charge in [0.15, 0.2) is 5.82 Å². The van der Waals surface area contributed by atoms with E-state index in [1.807, 2.05) is 18.2 Å². The van der Waals surface area contributed by atoms with E-state index >= 15 is 0 Å². The Morgan fingerprint density at radius 2 is 1.87 bits per heavy atom. The molecule has 154 valence electrons. The van der Waals surface area contributed by atoms with Crippen molar-refractivity contribution in [3.63, 3.8) is 0 Å². The van der Waals surface area contributed by atoms with E-state index < -0.39 is 0 Å². The summed E-state index contributed by atoms with van der Waals surface area (Å²) in [5, 5.41) is 2.72. The molecule has 0 aliphatic carbocycles. The minimum absolute atomic E-state index is 0.290. The lowest BCUT2D eigenvalue weighted by Gasteiger charge is -2.10. The van der Waals surface area contributed by atoms with Crippen LogP contribution in [-0.2, 0) is 4.74 Å². The van der Waals surface area contributed by atoms with Gasteiger partial charge in [-0.2, -0.15) is 0 Å². The van der Waals surface area contributed by atoms with E-state index in [-0.39, 0.29) is 11.7 Å². The van der Waals surface area contributed by atoms with Crippen LogP contribution in [0.25, 0.3) is 12.2 Å². The van der Waals surface area contributed by atoms with Gasteiger partial charge in [-0.25, -0.2) is 9.37 Å². The van der Waals surface area contributed by atoms with Crippen LogP contribution in [0.5, 0.6) is 5.75 Å². The first kappa shape index (κ1) is 21.1. The first-order valence-electron chi connectivity index (χ1n) is 9.42. The number of carbonyl (C=O) groups is 1. The van der Waals surface area contributed by atoms with Gasteiger partial charge in [-0.05, 0) is 41.5 Å². The number of carbonyl (C=O) groups excluding carboxylic acids is 1. The molecule has 1 heterocycles. The van der Waals surface area contributed by atoms with Crippen LogP contribution in [0.4, 0.5) is 10.2 Å². The number of benzene rings is 2. The van der Waals surface area contributed by atoms with E-state index in [0.29, 0.717) is 30.3 Å². The zero-order chi connectivity index (χ0) is 21.2. The van der Waals surface area contributed by atoms with E-state index in [0.717, 1.165) is 17.5 Å². The SMILES string of the molecule is COCCCOc1cc(/C=C/c2ccc(F)cc2)cc(C(=O)Nc2cnccn2)c1. The average Bonchev–Trinajstić information content (AvgIpc) is 2.77. The Balaban J connectivity index is 1.81. The highest BCUT2D eigenvalue weighted by molar-refractivity contribution is 6.04. The zero-order valence-corrected chi connectivity index (χ0v) is 16.5. The second kappa shape index (κ2) is 10.8. The third-order valence-electron chi connectivity index (χ3n) is 4.10. The molecule has 0 spiro atoms. The van der Waals surface area contributed by atoms with Crippen LogP contribution in [0.2, 0.25) is 0 Å². The molecule has 0 aliphatic rings. The van der Waals surface area contributed by atoms with E-state index in [1.54, 1.807) is 31.4 Å². The maximum absolute atomic E-state index is 13.1. The molecule has 6 nitrogen and oxygen atoms in total. The summed E-state index contributed by atoms with van der Waals surface area (Å²) in [7, 11) is 1.63. The molecule has 2 aromatic carbocycles. The van der Waals surface area contributed by atoms with Gasteiger partial charge >= 0.3 is 0 Å². The van der Waals surface area contributed by atoms with E-state index in [9.17, 15) is 9.18 Å². The first-order valence-corrected chi connectivity index (χ1v) is 9.42. The molecule has 0 saturated carbocycles. The highest BCUT2D eigenvalue weighted by Gasteiger charge is 2.10. The molecule has 0 unspecified atom stereocenters. The van der Waals surface area contributed by atoms with Crippen molar-refractivity contribution in [1.82, 2.24) is 9.97 Å².